The highest BCUT2D eigenvalue weighted by Crippen LogP contribution is 2.32. The first-order chi connectivity index (χ1) is 7.84. The van der Waals surface area contributed by atoms with Crippen molar-refractivity contribution in [3.63, 3.8) is 0 Å². The van der Waals surface area contributed by atoms with Crippen LogP contribution in [0.1, 0.15) is 12.8 Å². The highest BCUT2D eigenvalue weighted by atomic mass is 32.1. The summed E-state index contributed by atoms with van der Waals surface area (Å²) in [6.45, 7) is 0.979. The molecule has 0 unspecified atom stereocenters. The molecular formula is C11H12N4S. The van der Waals surface area contributed by atoms with E-state index >= 15 is 0 Å². The van der Waals surface area contributed by atoms with Crippen molar-refractivity contribution in [2.45, 2.75) is 19.4 Å². The summed E-state index contributed by atoms with van der Waals surface area (Å²) in [6.07, 6.45) is 6.16. The Bertz CT molecular complexity index is 539. The Hall–Kier alpha value is -1.49. The molecule has 0 aromatic carbocycles. The molecule has 1 aliphatic carbocycles. The molecule has 0 spiro atoms. The van der Waals surface area contributed by atoms with Gasteiger partial charge in [0.25, 0.3) is 0 Å². The monoisotopic (exact) mass is 232 g/mol. The van der Waals surface area contributed by atoms with Crippen molar-refractivity contribution < 1.29 is 0 Å². The van der Waals surface area contributed by atoms with Crippen LogP contribution >= 0.6 is 12.2 Å². The second kappa shape index (κ2) is 3.83. The lowest BCUT2D eigenvalue weighted by Gasteiger charge is -2.04. The second-order valence-corrected chi connectivity index (χ2v) is 4.53. The van der Waals surface area contributed by atoms with Crippen molar-refractivity contribution >= 4 is 12.2 Å². The van der Waals surface area contributed by atoms with Gasteiger partial charge in [0.15, 0.2) is 10.6 Å². The molecule has 1 N–H and O–H groups in total. The van der Waals surface area contributed by atoms with Crippen LogP contribution in [0.25, 0.3) is 11.4 Å². The third kappa shape index (κ3) is 1.78. The molecule has 2 aromatic rings. The maximum Gasteiger partial charge on any atom is 0.195 e. The van der Waals surface area contributed by atoms with Crippen molar-refractivity contribution in [1.29, 1.82) is 0 Å². The highest BCUT2D eigenvalue weighted by molar-refractivity contribution is 7.71. The quantitative estimate of drug-likeness (QED) is 0.827. The smallest absolute Gasteiger partial charge is 0.195 e. The predicted molar refractivity (Wildman–Crippen MR) is 63.4 cm³/mol. The van der Waals surface area contributed by atoms with Crippen LogP contribution in [-0.4, -0.2) is 19.7 Å². The number of aromatic nitrogens is 4. The first-order valence-electron chi connectivity index (χ1n) is 5.40. The summed E-state index contributed by atoms with van der Waals surface area (Å²) in [7, 11) is 0. The van der Waals surface area contributed by atoms with Crippen LogP contribution in [0.5, 0.6) is 0 Å². The average molecular weight is 232 g/mol. The number of H-pyrrole nitrogens is 1. The van der Waals surface area contributed by atoms with Gasteiger partial charge in [0, 0.05) is 24.5 Å². The number of rotatable bonds is 3. The van der Waals surface area contributed by atoms with E-state index in [9.17, 15) is 0 Å². The van der Waals surface area contributed by atoms with Crippen molar-refractivity contribution in [2.75, 3.05) is 0 Å². The third-order valence-electron chi connectivity index (χ3n) is 2.83. The molecule has 0 radical (unpaired) electrons. The molecule has 2 aromatic heterocycles. The van der Waals surface area contributed by atoms with E-state index in [0.717, 1.165) is 23.9 Å². The Kier molecular flexibility index (Phi) is 2.32. The molecule has 0 saturated heterocycles. The topological polar surface area (TPSA) is 46.5 Å². The molecule has 5 heteroatoms. The highest BCUT2D eigenvalue weighted by Gasteiger charge is 2.23. The molecule has 2 heterocycles. The maximum atomic E-state index is 5.25. The normalized spacial score (nSPS) is 15.2. The van der Waals surface area contributed by atoms with E-state index in [1.165, 1.54) is 12.8 Å². The van der Waals surface area contributed by atoms with Crippen LogP contribution in [0.15, 0.2) is 24.5 Å². The summed E-state index contributed by atoms with van der Waals surface area (Å²) < 4.78 is 2.79. The van der Waals surface area contributed by atoms with Gasteiger partial charge in [-0.1, -0.05) is 0 Å². The van der Waals surface area contributed by atoms with Gasteiger partial charge < -0.3 is 0 Å². The first kappa shape index (κ1) is 9.72. The molecule has 0 atom stereocenters. The Morgan fingerprint density at radius 2 is 2.12 bits per heavy atom. The molecule has 82 valence electrons. The van der Waals surface area contributed by atoms with Gasteiger partial charge in [-0.25, -0.2) is 0 Å². The lowest BCUT2D eigenvalue weighted by atomic mass is 10.2. The van der Waals surface area contributed by atoms with Gasteiger partial charge in [-0.2, -0.15) is 5.10 Å². The largest absolute Gasteiger partial charge is 0.300 e. The Morgan fingerprint density at radius 1 is 1.38 bits per heavy atom. The molecule has 4 nitrogen and oxygen atoms in total. The van der Waals surface area contributed by atoms with Gasteiger partial charge in [0.05, 0.1) is 0 Å². The number of hydrogen-bond acceptors (Lipinski definition) is 3. The number of hydrogen-bond donors (Lipinski definition) is 1. The average Bonchev–Trinajstić information content (AvgIpc) is 3.06. The Morgan fingerprint density at radius 3 is 2.81 bits per heavy atom. The van der Waals surface area contributed by atoms with Crippen LogP contribution in [0.3, 0.4) is 0 Å². The summed E-state index contributed by atoms with van der Waals surface area (Å²) in [6, 6.07) is 3.91. The lowest BCUT2D eigenvalue weighted by Crippen LogP contribution is -2.02. The standard InChI is InChI=1S/C11H12N4S/c16-11-14-13-10(9-3-5-12-6-4-9)15(11)7-8-1-2-8/h3-6,8H,1-2,7H2,(H,14,16). The molecular weight excluding hydrogens is 220 g/mol. The van der Waals surface area contributed by atoms with Crippen LogP contribution in [0.2, 0.25) is 0 Å². The van der Waals surface area contributed by atoms with E-state index in [1.807, 2.05) is 12.1 Å². The summed E-state index contributed by atoms with van der Waals surface area (Å²) in [5.41, 5.74) is 1.06. The summed E-state index contributed by atoms with van der Waals surface area (Å²) in [5.74, 6) is 1.70. The first-order valence-corrected chi connectivity index (χ1v) is 5.81. The number of nitrogens with zero attached hydrogens (tertiary/aromatic N) is 3. The van der Waals surface area contributed by atoms with E-state index in [-0.39, 0.29) is 0 Å². The minimum Gasteiger partial charge on any atom is -0.300 e. The molecule has 0 bridgehead atoms. The molecule has 1 fully saturated rings. The molecule has 1 saturated carbocycles. The summed E-state index contributed by atoms with van der Waals surface area (Å²) >= 11 is 5.25. The summed E-state index contributed by atoms with van der Waals surface area (Å²) in [4.78, 5) is 4.01. The van der Waals surface area contributed by atoms with E-state index in [1.54, 1.807) is 12.4 Å². The molecule has 0 amide bonds. The van der Waals surface area contributed by atoms with Crippen LogP contribution in [-0.2, 0) is 6.54 Å². The second-order valence-electron chi connectivity index (χ2n) is 4.14. The van der Waals surface area contributed by atoms with E-state index in [2.05, 4.69) is 19.7 Å². The fraction of sp³-hybridized carbons (Fsp3) is 0.364. The Labute approximate surface area is 98.3 Å². The van der Waals surface area contributed by atoms with Crippen LogP contribution in [0, 0.1) is 10.7 Å². The van der Waals surface area contributed by atoms with Gasteiger partial charge in [-0.3, -0.25) is 14.6 Å². The van der Waals surface area contributed by atoms with Crippen molar-refractivity contribution in [3.05, 3.63) is 29.3 Å². The van der Waals surface area contributed by atoms with Gasteiger partial charge in [0.2, 0.25) is 0 Å². The number of aromatic amines is 1. The number of nitrogens with one attached hydrogen (secondary N) is 1. The zero-order valence-electron chi connectivity index (χ0n) is 8.76. The number of pyridine rings is 1. The predicted octanol–water partition coefficient (Wildman–Crippen LogP) is 2.41. The molecule has 3 rings (SSSR count). The SMILES string of the molecule is S=c1[nH]nc(-c2ccncc2)n1CC1CC1. The fourth-order valence-electron chi connectivity index (χ4n) is 1.77. The van der Waals surface area contributed by atoms with Crippen molar-refractivity contribution in [2.24, 2.45) is 5.92 Å². The van der Waals surface area contributed by atoms with Gasteiger partial charge >= 0.3 is 0 Å². The zero-order chi connectivity index (χ0) is 11.0. The molecule has 16 heavy (non-hydrogen) atoms. The minimum absolute atomic E-state index is 0.707. The summed E-state index contributed by atoms with van der Waals surface area (Å²) in [5, 5.41) is 7.15. The van der Waals surface area contributed by atoms with Crippen LogP contribution in [0.4, 0.5) is 0 Å². The molecule has 1 aliphatic rings. The van der Waals surface area contributed by atoms with Crippen LogP contribution < -0.4 is 0 Å². The van der Waals surface area contributed by atoms with Gasteiger partial charge in [-0.15, -0.1) is 0 Å². The minimum atomic E-state index is 0.707. The van der Waals surface area contributed by atoms with Gasteiger partial charge in [0.1, 0.15) is 0 Å². The van der Waals surface area contributed by atoms with E-state index in [4.69, 9.17) is 12.2 Å². The van der Waals surface area contributed by atoms with Gasteiger partial charge in [-0.05, 0) is 43.1 Å². The Balaban J connectivity index is 2.03. The maximum absolute atomic E-state index is 5.25. The molecule has 0 aliphatic heterocycles. The third-order valence-corrected chi connectivity index (χ3v) is 3.15. The van der Waals surface area contributed by atoms with E-state index in [0.29, 0.717) is 4.77 Å². The van der Waals surface area contributed by atoms with Crippen molar-refractivity contribution in [1.82, 2.24) is 19.7 Å². The lowest BCUT2D eigenvalue weighted by molar-refractivity contribution is 0.624. The fourth-order valence-corrected chi connectivity index (χ4v) is 1.97. The zero-order valence-corrected chi connectivity index (χ0v) is 9.57. The van der Waals surface area contributed by atoms with E-state index < -0.39 is 0 Å². The van der Waals surface area contributed by atoms with Crippen molar-refractivity contribution in [3.8, 4) is 11.4 Å².